The van der Waals surface area contributed by atoms with Crippen molar-refractivity contribution in [3.05, 3.63) is 36.7 Å². The van der Waals surface area contributed by atoms with E-state index in [0.717, 1.165) is 18.4 Å². The van der Waals surface area contributed by atoms with Crippen molar-refractivity contribution in [2.75, 3.05) is 20.1 Å². The Kier molecular flexibility index (Phi) is 5.11. The van der Waals surface area contributed by atoms with Crippen molar-refractivity contribution in [1.29, 1.82) is 0 Å². The number of rotatable bonds is 4. The van der Waals surface area contributed by atoms with Gasteiger partial charge in [-0.15, -0.1) is 0 Å². The first-order chi connectivity index (χ1) is 12.0. The van der Waals surface area contributed by atoms with E-state index < -0.39 is 0 Å². The lowest BCUT2D eigenvalue weighted by atomic mass is 10.0. The predicted octanol–water partition coefficient (Wildman–Crippen LogP) is 1.41. The summed E-state index contributed by atoms with van der Waals surface area (Å²) in [5.74, 6) is 0.726. The van der Waals surface area contributed by atoms with Crippen molar-refractivity contribution in [1.82, 2.24) is 24.6 Å². The molecule has 0 N–H and O–H groups in total. The molecule has 0 saturated carbocycles. The van der Waals surface area contributed by atoms with Crippen LogP contribution < -0.4 is 0 Å². The van der Waals surface area contributed by atoms with Gasteiger partial charge in [0.05, 0.1) is 0 Å². The van der Waals surface area contributed by atoms with Crippen molar-refractivity contribution in [3.8, 4) is 11.4 Å². The van der Waals surface area contributed by atoms with Gasteiger partial charge in [0, 0.05) is 38.7 Å². The molecule has 2 amide bonds. The van der Waals surface area contributed by atoms with Gasteiger partial charge in [-0.05, 0) is 12.8 Å². The normalized spacial score (nSPS) is 15.2. The lowest BCUT2D eigenvalue weighted by molar-refractivity contribution is -0.135. The highest BCUT2D eigenvalue weighted by atomic mass is 16.2. The number of carbonyl (C=O) groups excluding carboxylic acids is 2. The molecule has 0 spiro atoms. The summed E-state index contributed by atoms with van der Waals surface area (Å²) in [6, 6.07) is 9.91. The molecule has 1 aromatic carbocycles. The van der Waals surface area contributed by atoms with E-state index in [2.05, 4.69) is 10.1 Å². The number of likely N-dealkylation sites (tertiary alicyclic amines) is 1. The van der Waals surface area contributed by atoms with Gasteiger partial charge >= 0.3 is 0 Å². The third kappa shape index (κ3) is 4.04. The third-order valence-corrected chi connectivity index (χ3v) is 4.73. The maximum Gasteiger partial charge on any atom is 0.244 e. The number of carbonyl (C=O) groups is 2. The van der Waals surface area contributed by atoms with Gasteiger partial charge in [0.15, 0.2) is 5.82 Å². The Hall–Kier alpha value is -2.70. The first kappa shape index (κ1) is 17.1. The fraction of sp³-hybridized carbons (Fsp3) is 0.444. The summed E-state index contributed by atoms with van der Waals surface area (Å²) >= 11 is 0. The van der Waals surface area contributed by atoms with E-state index in [1.54, 1.807) is 22.8 Å². The Morgan fingerprint density at radius 2 is 1.88 bits per heavy atom. The molecule has 2 heterocycles. The van der Waals surface area contributed by atoms with Crippen LogP contribution >= 0.6 is 0 Å². The molecule has 0 atom stereocenters. The van der Waals surface area contributed by atoms with Crippen LogP contribution in [0.4, 0.5) is 0 Å². The van der Waals surface area contributed by atoms with Gasteiger partial charge in [-0.1, -0.05) is 30.3 Å². The van der Waals surface area contributed by atoms with Crippen molar-refractivity contribution in [2.45, 2.75) is 32.4 Å². The molecule has 0 unspecified atom stereocenters. The molecule has 1 saturated heterocycles. The zero-order valence-electron chi connectivity index (χ0n) is 14.6. The van der Waals surface area contributed by atoms with Gasteiger partial charge < -0.3 is 9.80 Å². The van der Waals surface area contributed by atoms with Crippen LogP contribution in [0.2, 0.25) is 0 Å². The molecule has 2 aromatic rings. The van der Waals surface area contributed by atoms with Gasteiger partial charge in [0.1, 0.15) is 12.9 Å². The minimum Gasteiger partial charge on any atom is -0.343 e. The van der Waals surface area contributed by atoms with Gasteiger partial charge in [-0.2, -0.15) is 5.10 Å². The van der Waals surface area contributed by atoms with Gasteiger partial charge in [-0.25, -0.2) is 9.67 Å². The summed E-state index contributed by atoms with van der Waals surface area (Å²) in [7, 11) is 1.82. The van der Waals surface area contributed by atoms with E-state index in [0.29, 0.717) is 18.9 Å². The summed E-state index contributed by atoms with van der Waals surface area (Å²) in [5, 5.41) is 4.39. The molecule has 1 aliphatic rings. The minimum absolute atomic E-state index is 0.0356. The number of amides is 2. The van der Waals surface area contributed by atoms with E-state index in [9.17, 15) is 9.59 Å². The summed E-state index contributed by atoms with van der Waals surface area (Å²) in [4.78, 5) is 31.8. The van der Waals surface area contributed by atoms with Crippen LogP contribution in [0.1, 0.15) is 19.8 Å². The van der Waals surface area contributed by atoms with Crippen LogP contribution in [0.3, 0.4) is 0 Å². The quantitative estimate of drug-likeness (QED) is 0.843. The highest BCUT2D eigenvalue weighted by Gasteiger charge is 2.26. The van der Waals surface area contributed by atoms with Crippen molar-refractivity contribution >= 4 is 11.8 Å². The average Bonchev–Trinajstić information content (AvgIpc) is 3.10. The third-order valence-electron chi connectivity index (χ3n) is 4.73. The molecule has 7 heteroatoms. The Morgan fingerprint density at radius 3 is 2.52 bits per heavy atom. The first-order valence-corrected chi connectivity index (χ1v) is 8.50. The van der Waals surface area contributed by atoms with E-state index >= 15 is 0 Å². The predicted molar refractivity (Wildman–Crippen MR) is 93.5 cm³/mol. The maximum atomic E-state index is 12.5. The highest BCUT2D eigenvalue weighted by molar-refractivity contribution is 5.76. The monoisotopic (exact) mass is 341 g/mol. The van der Waals surface area contributed by atoms with E-state index in [1.807, 2.05) is 42.3 Å². The van der Waals surface area contributed by atoms with Crippen molar-refractivity contribution in [3.63, 3.8) is 0 Å². The number of hydrogen-bond donors (Lipinski definition) is 0. The molecule has 7 nitrogen and oxygen atoms in total. The molecule has 1 aliphatic heterocycles. The standard InChI is InChI=1S/C18H23N5O2/c1-14(24)21(2)16-8-10-22(11-9-16)17(25)12-23-13-19-18(20-23)15-6-4-3-5-7-15/h3-7,13,16H,8-12H2,1-2H3. The zero-order chi connectivity index (χ0) is 17.8. The smallest absolute Gasteiger partial charge is 0.244 e. The number of benzene rings is 1. The molecular formula is C18H23N5O2. The molecule has 0 radical (unpaired) electrons. The first-order valence-electron chi connectivity index (χ1n) is 8.50. The largest absolute Gasteiger partial charge is 0.343 e. The number of aromatic nitrogens is 3. The lowest BCUT2D eigenvalue weighted by Crippen LogP contribution is -2.47. The second-order valence-electron chi connectivity index (χ2n) is 6.37. The number of piperidine rings is 1. The van der Waals surface area contributed by atoms with E-state index in [-0.39, 0.29) is 24.4 Å². The summed E-state index contributed by atoms with van der Waals surface area (Å²) in [5.41, 5.74) is 0.932. The van der Waals surface area contributed by atoms with Crippen LogP contribution in [0.5, 0.6) is 0 Å². The molecule has 3 rings (SSSR count). The molecule has 0 bridgehead atoms. The van der Waals surface area contributed by atoms with E-state index in [4.69, 9.17) is 0 Å². The Labute approximate surface area is 147 Å². The Bertz CT molecular complexity index is 735. The fourth-order valence-electron chi connectivity index (χ4n) is 3.09. The Morgan fingerprint density at radius 1 is 1.20 bits per heavy atom. The molecular weight excluding hydrogens is 318 g/mol. The minimum atomic E-state index is 0.0356. The second-order valence-corrected chi connectivity index (χ2v) is 6.37. The van der Waals surface area contributed by atoms with Crippen LogP contribution in [-0.4, -0.2) is 62.6 Å². The number of nitrogens with zero attached hydrogens (tertiary/aromatic N) is 5. The summed E-state index contributed by atoms with van der Waals surface area (Å²) in [6.07, 6.45) is 3.22. The molecule has 132 valence electrons. The lowest BCUT2D eigenvalue weighted by Gasteiger charge is -2.36. The topological polar surface area (TPSA) is 71.3 Å². The molecule has 0 aliphatic carbocycles. The van der Waals surface area contributed by atoms with Gasteiger partial charge in [-0.3, -0.25) is 9.59 Å². The molecule has 1 aromatic heterocycles. The zero-order valence-corrected chi connectivity index (χ0v) is 14.6. The maximum absolute atomic E-state index is 12.5. The van der Waals surface area contributed by atoms with Crippen LogP contribution in [0, 0.1) is 0 Å². The highest BCUT2D eigenvalue weighted by Crippen LogP contribution is 2.16. The summed E-state index contributed by atoms with van der Waals surface area (Å²) in [6.45, 7) is 3.10. The summed E-state index contributed by atoms with van der Waals surface area (Å²) < 4.78 is 1.58. The number of hydrogen-bond acceptors (Lipinski definition) is 4. The van der Waals surface area contributed by atoms with Crippen LogP contribution in [0.15, 0.2) is 36.7 Å². The van der Waals surface area contributed by atoms with Crippen molar-refractivity contribution < 1.29 is 9.59 Å². The molecule has 25 heavy (non-hydrogen) atoms. The van der Waals surface area contributed by atoms with E-state index in [1.165, 1.54) is 0 Å². The van der Waals surface area contributed by atoms with Crippen molar-refractivity contribution in [2.24, 2.45) is 0 Å². The van der Waals surface area contributed by atoms with Gasteiger partial charge in [0.2, 0.25) is 11.8 Å². The van der Waals surface area contributed by atoms with Crippen LogP contribution in [-0.2, 0) is 16.1 Å². The molecule has 1 fully saturated rings. The fourth-order valence-corrected chi connectivity index (χ4v) is 3.09. The van der Waals surface area contributed by atoms with Crippen LogP contribution in [0.25, 0.3) is 11.4 Å². The average molecular weight is 341 g/mol. The Balaban J connectivity index is 1.55. The van der Waals surface area contributed by atoms with Gasteiger partial charge in [0.25, 0.3) is 0 Å². The SMILES string of the molecule is CC(=O)N(C)C1CCN(C(=O)Cn2cnc(-c3ccccc3)n2)CC1. The second kappa shape index (κ2) is 7.46.